The first-order valence-corrected chi connectivity index (χ1v) is 11.1. The van der Waals surface area contributed by atoms with Crippen molar-refractivity contribution in [3.05, 3.63) is 91.4 Å². The van der Waals surface area contributed by atoms with Gasteiger partial charge in [0.05, 0.1) is 20.5 Å². The standard InChI is InChI=1S/C25H25Cl2N3O3/c1-24(2,3)16-11-12-20(31)18(13-16)28-29-19-14-17(26)22(27)21(23(19)30(32)33)25(4,5)15-9-7-6-8-10-15/h6-14,31H,1-5H3. The van der Waals surface area contributed by atoms with E-state index >= 15 is 0 Å². The predicted molar refractivity (Wildman–Crippen MR) is 133 cm³/mol. The Bertz CT molecular complexity index is 1230. The first-order valence-electron chi connectivity index (χ1n) is 10.3. The van der Waals surface area contributed by atoms with Crippen molar-refractivity contribution in [2.45, 2.75) is 45.4 Å². The molecule has 0 aliphatic carbocycles. The molecule has 3 aromatic carbocycles. The fourth-order valence-electron chi connectivity index (χ4n) is 3.61. The summed E-state index contributed by atoms with van der Waals surface area (Å²) in [5, 5.41) is 30.9. The minimum absolute atomic E-state index is 0.0473. The van der Waals surface area contributed by atoms with Crippen molar-refractivity contribution in [2.75, 3.05) is 0 Å². The highest BCUT2D eigenvalue weighted by Crippen LogP contribution is 2.49. The summed E-state index contributed by atoms with van der Waals surface area (Å²) in [5.74, 6) is -0.0840. The quantitative estimate of drug-likeness (QED) is 0.222. The molecule has 0 heterocycles. The molecule has 0 saturated heterocycles. The molecule has 8 heteroatoms. The number of phenols is 1. The Balaban J connectivity index is 2.22. The van der Waals surface area contributed by atoms with Crippen LogP contribution in [0.4, 0.5) is 17.1 Å². The zero-order chi connectivity index (χ0) is 24.6. The zero-order valence-electron chi connectivity index (χ0n) is 19.1. The third-order valence-electron chi connectivity index (χ3n) is 5.58. The molecule has 172 valence electrons. The molecular weight excluding hydrogens is 461 g/mol. The number of nitrogens with zero attached hydrogens (tertiary/aromatic N) is 3. The van der Waals surface area contributed by atoms with Gasteiger partial charge in [-0.1, -0.05) is 94.2 Å². The van der Waals surface area contributed by atoms with Gasteiger partial charge < -0.3 is 5.11 Å². The van der Waals surface area contributed by atoms with Gasteiger partial charge in [0.25, 0.3) is 0 Å². The second-order valence-corrected chi connectivity index (χ2v) is 10.1. The monoisotopic (exact) mass is 485 g/mol. The fourth-order valence-corrected chi connectivity index (χ4v) is 4.19. The highest BCUT2D eigenvalue weighted by atomic mass is 35.5. The molecule has 0 unspecified atom stereocenters. The van der Waals surface area contributed by atoms with Crippen molar-refractivity contribution in [1.29, 1.82) is 0 Å². The van der Waals surface area contributed by atoms with Crippen LogP contribution in [0.1, 0.15) is 51.3 Å². The van der Waals surface area contributed by atoms with Crippen LogP contribution >= 0.6 is 23.2 Å². The third kappa shape index (κ3) is 5.02. The van der Waals surface area contributed by atoms with E-state index in [0.717, 1.165) is 11.1 Å². The van der Waals surface area contributed by atoms with Crippen LogP contribution in [0, 0.1) is 10.1 Å². The molecule has 0 aliphatic heterocycles. The molecule has 0 bridgehead atoms. The van der Waals surface area contributed by atoms with Gasteiger partial charge in [0.1, 0.15) is 11.4 Å². The van der Waals surface area contributed by atoms with Crippen LogP contribution in [-0.4, -0.2) is 10.0 Å². The second kappa shape index (κ2) is 9.12. The van der Waals surface area contributed by atoms with Crippen molar-refractivity contribution in [1.82, 2.24) is 0 Å². The van der Waals surface area contributed by atoms with Crippen LogP contribution in [0.2, 0.25) is 10.0 Å². The Labute approximate surface area is 203 Å². The Hall–Kier alpha value is -2.96. The van der Waals surface area contributed by atoms with E-state index in [4.69, 9.17) is 23.2 Å². The maximum atomic E-state index is 12.2. The summed E-state index contributed by atoms with van der Waals surface area (Å²) < 4.78 is 0. The molecule has 0 saturated carbocycles. The predicted octanol–water partition coefficient (Wildman–Crippen LogP) is 8.65. The fraction of sp³-hybridized carbons (Fsp3) is 0.280. The molecule has 0 radical (unpaired) electrons. The van der Waals surface area contributed by atoms with Crippen LogP contribution in [0.25, 0.3) is 0 Å². The lowest BCUT2D eigenvalue weighted by molar-refractivity contribution is -0.385. The number of azo groups is 1. The Morgan fingerprint density at radius 3 is 2.06 bits per heavy atom. The number of phenolic OH excluding ortho intramolecular Hbond substituents is 1. The summed E-state index contributed by atoms with van der Waals surface area (Å²) in [7, 11) is 0. The maximum absolute atomic E-state index is 12.2. The number of hydrogen-bond acceptors (Lipinski definition) is 5. The Morgan fingerprint density at radius 1 is 0.879 bits per heavy atom. The summed E-state index contributed by atoms with van der Waals surface area (Å²) >= 11 is 12.9. The third-order valence-corrected chi connectivity index (χ3v) is 6.37. The smallest absolute Gasteiger partial charge is 0.302 e. The first kappa shape index (κ1) is 24.7. The van der Waals surface area contributed by atoms with Gasteiger partial charge in [-0.3, -0.25) is 10.1 Å². The SMILES string of the molecule is CC(C)(C)c1ccc(O)c(N=Nc2cc(Cl)c(Cl)c(C(C)(C)c3ccccc3)c2[N+](=O)[O-])c1. The van der Waals surface area contributed by atoms with Crippen LogP contribution in [0.5, 0.6) is 5.75 Å². The number of rotatable bonds is 5. The van der Waals surface area contributed by atoms with Gasteiger partial charge in [-0.25, -0.2) is 0 Å². The topological polar surface area (TPSA) is 88.1 Å². The molecular formula is C25H25Cl2N3O3. The number of hydrogen-bond donors (Lipinski definition) is 1. The van der Waals surface area contributed by atoms with E-state index in [2.05, 4.69) is 10.2 Å². The highest BCUT2D eigenvalue weighted by Gasteiger charge is 2.37. The average Bonchev–Trinajstić information content (AvgIpc) is 2.74. The van der Waals surface area contributed by atoms with Gasteiger partial charge in [-0.15, -0.1) is 10.2 Å². The molecule has 0 aliphatic rings. The normalized spacial score (nSPS) is 12.3. The van der Waals surface area contributed by atoms with Gasteiger partial charge in [0, 0.05) is 5.41 Å². The van der Waals surface area contributed by atoms with E-state index in [1.165, 1.54) is 12.1 Å². The molecule has 1 N–H and O–H groups in total. The molecule has 0 atom stereocenters. The van der Waals surface area contributed by atoms with Gasteiger partial charge >= 0.3 is 5.69 Å². The Morgan fingerprint density at radius 2 is 1.48 bits per heavy atom. The highest BCUT2D eigenvalue weighted by molar-refractivity contribution is 6.43. The minimum atomic E-state index is -0.843. The van der Waals surface area contributed by atoms with Crippen LogP contribution in [-0.2, 0) is 10.8 Å². The lowest BCUT2D eigenvalue weighted by Gasteiger charge is -2.27. The number of aromatic hydroxyl groups is 1. The number of halogens is 2. The van der Waals surface area contributed by atoms with Crippen molar-refractivity contribution in [3.8, 4) is 5.75 Å². The van der Waals surface area contributed by atoms with Gasteiger partial charge in [-0.05, 0) is 34.7 Å². The van der Waals surface area contributed by atoms with Gasteiger partial charge in [0.15, 0.2) is 5.69 Å². The van der Waals surface area contributed by atoms with Crippen molar-refractivity contribution in [3.63, 3.8) is 0 Å². The molecule has 0 aromatic heterocycles. The van der Waals surface area contributed by atoms with E-state index in [1.54, 1.807) is 12.1 Å². The van der Waals surface area contributed by atoms with E-state index in [1.807, 2.05) is 65.0 Å². The van der Waals surface area contributed by atoms with Crippen molar-refractivity contribution in [2.24, 2.45) is 10.2 Å². The van der Waals surface area contributed by atoms with Crippen molar-refractivity contribution < 1.29 is 10.0 Å². The maximum Gasteiger partial charge on any atom is 0.302 e. The molecule has 0 amide bonds. The summed E-state index contributed by atoms with van der Waals surface area (Å²) in [5.41, 5.74) is 0.855. The van der Waals surface area contributed by atoms with E-state index in [9.17, 15) is 15.2 Å². The van der Waals surface area contributed by atoms with Crippen molar-refractivity contribution >= 4 is 40.3 Å². The number of benzene rings is 3. The van der Waals surface area contributed by atoms with E-state index in [-0.39, 0.29) is 43.8 Å². The second-order valence-electron chi connectivity index (χ2n) is 9.32. The minimum Gasteiger partial charge on any atom is -0.506 e. The van der Waals surface area contributed by atoms with E-state index < -0.39 is 10.3 Å². The lowest BCUT2D eigenvalue weighted by atomic mass is 9.77. The molecule has 3 rings (SSSR count). The lowest BCUT2D eigenvalue weighted by Crippen LogP contribution is -2.21. The van der Waals surface area contributed by atoms with E-state index in [0.29, 0.717) is 0 Å². The van der Waals surface area contributed by atoms with Gasteiger partial charge in [0.2, 0.25) is 0 Å². The summed E-state index contributed by atoms with van der Waals surface area (Å²) in [6.07, 6.45) is 0. The zero-order valence-corrected chi connectivity index (χ0v) is 20.6. The van der Waals surface area contributed by atoms with Crippen LogP contribution in [0.15, 0.2) is 64.8 Å². The molecule has 0 fully saturated rings. The summed E-state index contributed by atoms with van der Waals surface area (Å²) in [4.78, 5) is 11.7. The molecule has 0 spiro atoms. The average molecular weight is 486 g/mol. The largest absolute Gasteiger partial charge is 0.506 e. The van der Waals surface area contributed by atoms with Crippen LogP contribution in [0.3, 0.4) is 0 Å². The first-order chi connectivity index (χ1) is 15.3. The number of nitro benzene ring substituents is 1. The summed E-state index contributed by atoms with van der Waals surface area (Å²) in [6.45, 7) is 9.77. The number of nitro groups is 1. The molecule has 3 aromatic rings. The summed E-state index contributed by atoms with van der Waals surface area (Å²) in [6, 6.07) is 15.7. The molecule has 33 heavy (non-hydrogen) atoms. The van der Waals surface area contributed by atoms with Crippen LogP contribution < -0.4 is 0 Å². The van der Waals surface area contributed by atoms with Gasteiger partial charge in [-0.2, -0.15) is 0 Å². The molecule has 6 nitrogen and oxygen atoms in total. The Kier molecular flexibility index (Phi) is 6.82.